The lowest BCUT2D eigenvalue weighted by Crippen LogP contribution is -2.37. The number of halogens is 1. The summed E-state index contributed by atoms with van der Waals surface area (Å²) in [5.74, 6) is 0.559. The molecule has 1 aromatic carbocycles. The summed E-state index contributed by atoms with van der Waals surface area (Å²) < 4.78 is 0. The fourth-order valence-corrected chi connectivity index (χ4v) is 2.64. The van der Waals surface area contributed by atoms with E-state index < -0.39 is 0 Å². The number of aliphatic hydroxyl groups excluding tert-OH is 2. The van der Waals surface area contributed by atoms with E-state index in [0.29, 0.717) is 10.9 Å². The third-order valence-electron chi connectivity index (χ3n) is 3.35. The second kappa shape index (κ2) is 5.25. The van der Waals surface area contributed by atoms with Crippen LogP contribution < -0.4 is 4.90 Å². The molecule has 0 amide bonds. The quantitative estimate of drug-likeness (QED) is 0.865. The molecule has 0 aliphatic heterocycles. The third kappa shape index (κ3) is 2.92. The van der Waals surface area contributed by atoms with Gasteiger partial charge >= 0.3 is 0 Å². The van der Waals surface area contributed by atoms with Crippen LogP contribution in [0, 0.1) is 5.92 Å². The highest BCUT2D eigenvalue weighted by Crippen LogP contribution is 2.31. The largest absolute Gasteiger partial charge is 0.393 e. The Balaban J connectivity index is 2.01. The zero-order chi connectivity index (χ0) is 12.4. The van der Waals surface area contributed by atoms with Gasteiger partial charge in [0.2, 0.25) is 0 Å². The van der Waals surface area contributed by atoms with Gasteiger partial charge in [0.1, 0.15) is 0 Å². The number of hydrogen-bond donors (Lipinski definition) is 2. The van der Waals surface area contributed by atoms with Crippen LogP contribution in [0.5, 0.6) is 0 Å². The SMILES string of the molecule is CN(CC1CC(O)C1)c1ccc(CO)cc1Cl. The van der Waals surface area contributed by atoms with Crippen molar-refractivity contribution in [3.8, 4) is 0 Å². The molecule has 0 saturated heterocycles. The van der Waals surface area contributed by atoms with Crippen molar-refractivity contribution in [2.24, 2.45) is 5.92 Å². The number of rotatable bonds is 4. The van der Waals surface area contributed by atoms with E-state index in [0.717, 1.165) is 30.6 Å². The van der Waals surface area contributed by atoms with Gasteiger partial charge in [-0.25, -0.2) is 0 Å². The van der Waals surface area contributed by atoms with Crippen LogP contribution in [-0.2, 0) is 6.61 Å². The molecule has 94 valence electrons. The Kier molecular flexibility index (Phi) is 3.92. The van der Waals surface area contributed by atoms with Gasteiger partial charge in [0, 0.05) is 13.6 Å². The topological polar surface area (TPSA) is 43.7 Å². The zero-order valence-electron chi connectivity index (χ0n) is 9.93. The van der Waals surface area contributed by atoms with Crippen LogP contribution >= 0.6 is 11.6 Å². The molecule has 0 spiro atoms. The van der Waals surface area contributed by atoms with Gasteiger partial charge in [0.05, 0.1) is 23.4 Å². The minimum Gasteiger partial charge on any atom is -0.393 e. The summed E-state index contributed by atoms with van der Waals surface area (Å²) in [5, 5.41) is 18.9. The average Bonchev–Trinajstić information content (AvgIpc) is 2.26. The Morgan fingerprint density at radius 2 is 2.12 bits per heavy atom. The molecule has 17 heavy (non-hydrogen) atoms. The lowest BCUT2D eigenvalue weighted by Gasteiger charge is -2.35. The second-order valence-corrected chi connectivity index (χ2v) is 5.22. The molecule has 1 fully saturated rings. The Hall–Kier alpha value is -0.770. The predicted octanol–water partition coefficient (Wildman–Crippen LogP) is 2.04. The van der Waals surface area contributed by atoms with Crippen molar-refractivity contribution in [3.63, 3.8) is 0 Å². The summed E-state index contributed by atoms with van der Waals surface area (Å²) in [6.07, 6.45) is 1.66. The van der Waals surface area contributed by atoms with Crippen LogP contribution in [0.4, 0.5) is 5.69 Å². The van der Waals surface area contributed by atoms with Crippen LogP contribution in [0.2, 0.25) is 5.02 Å². The van der Waals surface area contributed by atoms with Crippen molar-refractivity contribution >= 4 is 17.3 Å². The van der Waals surface area contributed by atoms with E-state index in [1.165, 1.54) is 0 Å². The molecule has 0 heterocycles. The number of anilines is 1. The molecule has 1 aromatic rings. The van der Waals surface area contributed by atoms with Crippen molar-refractivity contribution in [1.29, 1.82) is 0 Å². The van der Waals surface area contributed by atoms with Crippen LogP contribution in [-0.4, -0.2) is 29.9 Å². The molecule has 4 heteroatoms. The first-order chi connectivity index (χ1) is 8.10. The number of nitrogens with zero attached hydrogens (tertiary/aromatic N) is 1. The van der Waals surface area contributed by atoms with E-state index in [1.54, 1.807) is 6.07 Å². The van der Waals surface area contributed by atoms with Crippen LogP contribution in [0.15, 0.2) is 18.2 Å². The second-order valence-electron chi connectivity index (χ2n) is 4.82. The smallest absolute Gasteiger partial charge is 0.0682 e. The molecule has 1 aliphatic rings. The van der Waals surface area contributed by atoms with Crippen molar-refractivity contribution in [2.45, 2.75) is 25.6 Å². The number of hydrogen-bond acceptors (Lipinski definition) is 3. The molecule has 0 aromatic heterocycles. The maximum absolute atomic E-state index is 9.25. The molecule has 3 nitrogen and oxygen atoms in total. The van der Waals surface area contributed by atoms with Crippen LogP contribution in [0.3, 0.4) is 0 Å². The van der Waals surface area contributed by atoms with E-state index in [1.807, 2.05) is 19.2 Å². The first-order valence-corrected chi connectivity index (χ1v) is 6.26. The Bertz CT molecular complexity index is 391. The third-order valence-corrected chi connectivity index (χ3v) is 3.65. The molecule has 0 radical (unpaired) electrons. The van der Waals surface area contributed by atoms with Gasteiger partial charge in [-0.2, -0.15) is 0 Å². The normalized spacial score (nSPS) is 23.3. The van der Waals surface area contributed by atoms with Crippen molar-refractivity contribution in [3.05, 3.63) is 28.8 Å². The number of benzene rings is 1. The first-order valence-electron chi connectivity index (χ1n) is 5.88. The minimum absolute atomic E-state index is 0.0124. The maximum atomic E-state index is 9.25. The Labute approximate surface area is 107 Å². The maximum Gasteiger partial charge on any atom is 0.0682 e. The van der Waals surface area contributed by atoms with Crippen molar-refractivity contribution in [2.75, 3.05) is 18.5 Å². The fraction of sp³-hybridized carbons (Fsp3) is 0.538. The molecule has 0 bridgehead atoms. The zero-order valence-corrected chi connectivity index (χ0v) is 10.7. The van der Waals surface area contributed by atoms with E-state index in [9.17, 15) is 5.11 Å². The molecule has 2 N–H and O–H groups in total. The van der Waals surface area contributed by atoms with E-state index in [4.69, 9.17) is 16.7 Å². The highest BCUT2D eigenvalue weighted by molar-refractivity contribution is 6.33. The van der Waals surface area contributed by atoms with Gasteiger partial charge in [0.25, 0.3) is 0 Å². The first kappa shape index (κ1) is 12.7. The van der Waals surface area contributed by atoms with E-state index in [2.05, 4.69) is 4.90 Å². The van der Waals surface area contributed by atoms with Gasteiger partial charge in [-0.1, -0.05) is 17.7 Å². The predicted molar refractivity (Wildman–Crippen MR) is 69.4 cm³/mol. The van der Waals surface area contributed by atoms with Gasteiger partial charge in [-0.15, -0.1) is 0 Å². The van der Waals surface area contributed by atoms with Gasteiger partial charge in [-0.05, 0) is 36.5 Å². The molecular weight excluding hydrogens is 238 g/mol. The Morgan fingerprint density at radius 3 is 2.65 bits per heavy atom. The fourth-order valence-electron chi connectivity index (χ4n) is 2.29. The lowest BCUT2D eigenvalue weighted by molar-refractivity contribution is 0.0465. The summed E-state index contributed by atoms with van der Waals surface area (Å²) in [5.41, 5.74) is 1.80. The molecule has 1 aliphatic carbocycles. The monoisotopic (exact) mass is 255 g/mol. The van der Waals surface area contributed by atoms with Gasteiger partial charge < -0.3 is 15.1 Å². The molecular formula is C13H18ClNO2. The molecule has 1 saturated carbocycles. The summed E-state index contributed by atoms with van der Waals surface area (Å²) >= 11 is 6.17. The summed E-state index contributed by atoms with van der Waals surface area (Å²) in [7, 11) is 2.00. The lowest BCUT2D eigenvalue weighted by atomic mass is 9.82. The highest BCUT2D eigenvalue weighted by Gasteiger charge is 2.28. The summed E-state index contributed by atoms with van der Waals surface area (Å²) in [6.45, 7) is 0.924. The standard InChI is InChI=1S/C13H18ClNO2/c1-15(7-10-4-11(17)5-10)13-3-2-9(8-16)6-12(13)14/h2-3,6,10-11,16-17H,4-5,7-8H2,1H3. The van der Waals surface area contributed by atoms with Crippen molar-refractivity contribution < 1.29 is 10.2 Å². The Morgan fingerprint density at radius 1 is 1.41 bits per heavy atom. The van der Waals surface area contributed by atoms with Crippen molar-refractivity contribution in [1.82, 2.24) is 0 Å². The van der Waals surface area contributed by atoms with E-state index in [-0.39, 0.29) is 12.7 Å². The van der Waals surface area contributed by atoms with Crippen LogP contribution in [0.1, 0.15) is 18.4 Å². The highest BCUT2D eigenvalue weighted by atomic mass is 35.5. The summed E-state index contributed by atoms with van der Waals surface area (Å²) in [6, 6.07) is 5.61. The average molecular weight is 256 g/mol. The van der Waals surface area contributed by atoms with Gasteiger partial charge in [-0.3, -0.25) is 0 Å². The summed E-state index contributed by atoms with van der Waals surface area (Å²) in [4.78, 5) is 2.11. The van der Waals surface area contributed by atoms with Crippen LogP contribution in [0.25, 0.3) is 0 Å². The molecule has 0 atom stereocenters. The van der Waals surface area contributed by atoms with E-state index >= 15 is 0 Å². The number of aliphatic hydroxyl groups is 2. The minimum atomic E-state index is -0.111. The molecule has 2 rings (SSSR count). The molecule has 0 unspecified atom stereocenters. The van der Waals surface area contributed by atoms with Gasteiger partial charge in [0.15, 0.2) is 0 Å².